The monoisotopic (exact) mass is 415 g/mol. The molecule has 2 aromatic carbocycles. The van der Waals surface area contributed by atoms with Gasteiger partial charge in [0, 0.05) is 23.1 Å². The van der Waals surface area contributed by atoms with Crippen LogP contribution in [0.3, 0.4) is 0 Å². The highest BCUT2D eigenvalue weighted by Crippen LogP contribution is 2.15. The molecule has 0 aliphatic heterocycles. The van der Waals surface area contributed by atoms with Crippen molar-refractivity contribution in [1.29, 1.82) is 0 Å². The lowest BCUT2D eigenvalue weighted by molar-refractivity contribution is 0.0919. The summed E-state index contributed by atoms with van der Waals surface area (Å²) in [6, 6.07) is 13.7. The van der Waals surface area contributed by atoms with Crippen LogP contribution in [0.15, 0.2) is 48.5 Å². The molecular formula is C23H29NO4S. The van der Waals surface area contributed by atoms with Crippen LogP contribution in [-0.2, 0) is 22.0 Å². The predicted octanol–water partition coefficient (Wildman–Crippen LogP) is 3.96. The predicted molar refractivity (Wildman–Crippen MR) is 116 cm³/mol. The van der Waals surface area contributed by atoms with E-state index in [1.807, 2.05) is 20.8 Å². The highest BCUT2D eigenvalue weighted by molar-refractivity contribution is 7.91. The first-order valence-corrected chi connectivity index (χ1v) is 11.3. The largest absolute Gasteiger partial charge is 0.347 e. The zero-order chi connectivity index (χ0) is 21.8. The van der Waals surface area contributed by atoms with Gasteiger partial charge in [0.25, 0.3) is 5.91 Å². The molecule has 5 nitrogen and oxygen atoms in total. The molecule has 2 rings (SSSR count). The van der Waals surface area contributed by atoms with Gasteiger partial charge in [-0.05, 0) is 57.9 Å². The van der Waals surface area contributed by atoms with Crippen molar-refractivity contribution in [3.05, 3.63) is 70.8 Å². The summed E-state index contributed by atoms with van der Waals surface area (Å²) in [4.78, 5) is 24.7. The molecule has 0 saturated heterocycles. The van der Waals surface area contributed by atoms with Crippen molar-refractivity contribution in [2.45, 2.75) is 57.6 Å². The second-order valence-electron chi connectivity index (χ2n) is 8.55. The smallest absolute Gasteiger partial charge is 0.251 e. The number of amides is 1. The van der Waals surface area contributed by atoms with Crippen LogP contribution in [0.2, 0.25) is 0 Å². The van der Waals surface area contributed by atoms with E-state index in [2.05, 4.69) is 5.32 Å². The number of rotatable bonds is 7. The van der Waals surface area contributed by atoms with E-state index in [0.717, 1.165) is 5.56 Å². The van der Waals surface area contributed by atoms with Crippen LogP contribution in [0.25, 0.3) is 0 Å². The summed E-state index contributed by atoms with van der Waals surface area (Å²) >= 11 is 0. The van der Waals surface area contributed by atoms with Crippen LogP contribution in [0.5, 0.6) is 0 Å². The van der Waals surface area contributed by atoms with Crippen LogP contribution in [0, 0.1) is 0 Å². The second kappa shape index (κ2) is 8.91. The number of carbonyl (C=O) groups excluding carboxylic acids is 2. The number of hydrogen-bond donors (Lipinski definition) is 1. The SMILES string of the molecule is CC(C)S(=O)(=O)Cc1ccc(C(=O)Cc2ccc(C(=O)NC(C)(C)C)cc2)cc1. The van der Waals surface area contributed by atoms with Crippen molar-refractivity contribution < 1.29 is 18.0 Å². The number of sulfone groups is 1. The number of hydrogen-bond acceptors (Lipinski definition) is 4. The molecule has 0 aliphatic carbocycles. The molecule has 0 fully saturated rings. The third kappa shape index (κ3) is 6.82. The summed E-state index contributed by atoms with van der Waals surface area (Å²) in [7, 11) is -3.17. The van der Waals surface area contributed by atoms with Gasteiger partial charge in [-0.3, -0.25) is 9.59 Å². The zero-order valence-corrected chi connectivity index (χ0v) is 18.5. The molecule has 0 heterocycles. The molecule has 0 bridgehead atoms. The fourth-order valence-corrected chi connectivity index (χ4v) is 3.65. The van der Waals surface area contributed by atoms with Gasteiger partial charge < -0.3 is 5.32 Å². The van der Waals surface area contributed by atoms with Crippen molar-refractivity contribution in [3.8, 4) is 0 Å². The molecular weight excluding hydrogens is 386 g/mol. The van der Waals surface area contributed by atoms with Crippen molar-refractivity contribution >= 4 is 21.5 Å². The lowest BCUT2D eigenvalue weighted by atomic mass is 10.0. The molecule has 0 atom stereocenters. The standard InChI is InChI=1S/C23H29NO4S/c1-16(2)29(27,28)15-18-8-10-19(11-9-18)21(25)14-17-6-12-20(13-7-17)22(26)24-23(3,4)5/h6-13,16H,14-15H2,1-5H3,(H,24,26). The van der Waals surface area contributed by atoms with Gasteiger partial charge in [-0.2, -0.15) is 0 Å². The molecule has 156 valence electrons. The number of benzene rings is 2. The average Bonchev–Trinajstić information content (AvgIpc) is 2.61. The molecule has 0 aliphatic rings. The van der Waals surface area contributed by atoms with Crippen molar-refractivity contribution in [2.24, 2.45) is 0 Å². The van der Waals surface area contributed by atoms with Gasteiger partial charge in [0.1, 0.15) is 0 Å². The van der Waals surface area contributed by atoms with Crippen LogP contribution in [0.4, 0.5) is 0 Å². The van der Waals surface area contributed by atoms with Crippen molar-refractivity contribution in [2.75, 3.05) is 0 Å². The number of ketones is 1. The van der Waals surface area contributed by atoms with Crippen molar-refractivity contribution in [3.63, 3.8) is 0 Å². The third-order valence-corrected chi connectivity index (χ3v) is 6.60. The molecule has 0 spiro atoms. The zero-order valence-electron chi connectivity index (χ0n) is 17.7. The Morgan fingerprint density at radius 3 is 1.83 bits per heavy atom. The third-order valence-electron chi connectivity index (χ3n) is 4.43. The van der Waals surface area contributed by atoms with E-state index in [1.165, 1.54) is 0 Å². The molecule has 0 radical (unpaired) electrons. The van der Waals surface area contributed by atoms with E-state index in [0.29, 0.717) is 16.7 Å². The Labute approximate surface area is 173 Å². The first kappa shape index (κ1) is 22.8. The Balaban J connectivity index is 2.02. The van der Waals surface area contributed by atoms with Gasteiger partial charge in [-0.25, -0.2) is 8.42 Å². The number of nitrogens with one attached hydrogen (secondary N) is 1. The van der Waals surface area contributed by atoms with Gasteiger partial charge in [-0.1, -0.05) is 36.4 Å². The Bertz CT molecular complexity index is 967. The second-order valence-corrected chi connectivity index (χ2v) is 11.1. The normalized spacial score (nSPS) is 12.1. The van der Waals surface area contributed by atoms with Gasteiger partial charge in [0.2, 0.25) is 0 Å². The first-order chi connectivity index (χ1) is 13.4. The average molecular weight is 416 g/mol. The quantitative estimate of drug-likeness (QED) is 0.694. The minimum Gasteiger partial charge on any atom is -0.347 e. The van der Waals surface area contributed by atoms with Crippen LogP contribution in [0.1, 0.15) is 66.5 Å². The van der Waals surface area contributed by atoms with Crippen LogP contribution >= 0.6 is 0 Å². The summed E-state index contributed by atoms with van der Waals surface area (Å²) in [5.74, 6) is -0.241. The summed E-state index contributed by atoms with van der Waals surface area (Å²) < 4.78 is 24.0. The molecule has 0 aromatic heterocycles. The Morgan fingerprint density at radius 1 is 0.862 bits per heavy atom. The molecule has 0 saturated carbocycles. The van der Waals surface area contributed by atoms with E-state index in [4.69, 9.17) is 0 Å². The molecule has 2 aromatic rings. The minimum absolute atomic E-state index is 0.0305. The summed E-state index contributed by atoms with van der Waals surface area (Å²) in [5.41, 5.74) is 2.25. The number of carbonyl (C=O) groups is 2. The first-order valence-electron chi connectivity index (χ1n) is 9.62. The lowest BCUT2D eigenvalue weighted by Crippen LogP contribution is -2.40. The summed E-state index contributed by atoms with van der Waals surface area (Å²) in [6.45, 7) is 9.07. The van der Waals surface area contributed by atoms with Gasteiger partial charge in [0.15, 0.2) is 15.6 Å². The molecule has 1 N–H and O–H groups in total. The van der Waals surface area contributed by atoms with Crippen LogP contribution < -0.4 is 5.32 Å². The van der Waals surface area contributed by atoms with Gasteiger partial charge in [-0.15, -0.1) is 0 Å². The van der Waals surface area contributed by atoms with E-state index in [9.17, 15) is 18.0 Å². The molecule has 29 heavy (non-hydrogen) atoms. The number of Topliss-reactive ketones (excluding diaryl/α,β-unsaturated/α-hetero) is 1. The highest BCUT2D eigenvalue weighted by atomic mass is 32.2. The Morgan fingerprint density at radius 2 is 1.34 bits per heavy atom. The lowest BCUT2D eigenvalue weighted by Gasteiger charge is -2.20. The Hall–Kier alpha value is -2.47. The van der Waals surface area contributed by atoms with Crippen molar-refractivity contribution in [1.82, 2.24) is 5.32 Å². The maximum Gasteiger partial charge on any atom is 0.251 e. The minimum atomic E-state index is -3.17. The Kier molecular flexibility index (Phi) is 7.01. The van der Waals surface area contributed by atoms with Gasteiger partial charge >= 0.3 is 0 Å². The maximum absolute atomic E-state index is 12.5. The fraction of sp³-hybridized carbons (Fsp3) is 0.391. The highest BCUT2D eigenvalue weighted by Gasteiger charge is 2.17. The topological polar surface area (TPSA) is 80.3 Å². The fourth-order valence-electron chi connectivity index (χ4n) is 2.66. The van der Waals surface area contributed by atoms with E-state index < -0.39 is 15.1 Å². The molecule has 1 amide bonds. The molecule has 0 unspecified atom stereocenters. The maximum atomic E-state index is 12.5. The summed E-state index contributed by atoms with van der Waals surface area (Å²) in [6.07, 6.45) is 0.213. The van der Waals surface area contributed by atoms with E-state index in [-0.39, 0.29) is 29.4 Å². The van der Waals surface area contributed by atoms with Gasteiger partial charge in [0.05, 0.1) is 11.0 Å². The summed E-state index contributed by atoms with van der Waals surface area (Å²) in [5, 5.41) is 2.47. The molecule has 6 heteroatoms. The van der Waals surface area contributed by atoms with E-state index in [1.54, 1.807) is 62.4 Å². The van der Waals surface area contributed by atoms with Crippen LogP contribution in [-0.4, -0.2) is 30.9 Å². The van der Waals surface area contributed by atoms with E-state index >= 15 is 0 Å².